The number of hydrogen-bond acceptors (Lipinski definition) is 4. The summed E-state index contributed by atoms with van der Waals surface area (Å²) in [6.07, 6.45) is 0.946. The van der Waals surface area contributed by atoms with Crippen molar-refractivity contribution in [3.63, 3.8) is 0 Å². The number of nitrogens with zero attached hydrogens (tertiary/aromatic N) is 2. The molecular formula is C21H29N3O3S. The number of sulfonamides is 1. The molecule has 0 aliphatic heterocycles. The van der Waals surface area contributed by atoms with Gasteiger partial charge in [-0.05, 0) is 76.3 Å². The zero-order valence-corrected chi connectivity index (χ0v) is 18.0. The Morgan fingerprint density at radius 1 is 0.964 bits per heavy atom. The third-order valence-corrected chi connectivity index (χ3v) is 6.63. The molecule has 152 valence electrons. The minimum atomic E-state index is -3.56. The van der Waals surface area contributed by atoms with Gasteiger partial charge in [0.25, 0.3) is 5.91 Å². The first-order valence-electron chi connectivity index (χ1n) is 9.24. The minimum Gasteiger partial charge on any atom is -0.322 e. The quantitative estimate of drug-likeness (QED) is 0.735. The highest BCUT2D eigenvalue weighted by Gasteiger charge is 2.23. The Labute approximate surface area is 168 Å². The smallest absolute Gasteiger partial charge is 0.255 e. The van der Waals surface area contributed by atoms with Gasteiger partial charge < -0.3 is 10.2 Å². The van der Waals surface area contributed by atoms with Gasteiger partial charge in [-0.25, -0.2) is 8.42 Å². The van der Waals surface area contributed by atoms with Crippen LogP contribution in [0.15, 0.2) is 53.4 Å². The lowest BCUT2D eigenvalue weighted by molar-refractivity contribution is 0.102. The molecule has 2 aromatic rings. The molecule has 0 aliphatic rings. The second-order valence-electron chi connectivity index (χ2n) is 7.34. The second kappa shape index (κ2) is 9.32. The van der Waals surface area contributed by atoms with Gasteiger partial charge in [-0.2, -0.15) is 4.31 Å². The maximum absolute atomic E-state index is 12.5. The summed E-state index contributed by atoms with van der Waals surface area (Å²) in [6.45, 7) is 4.59. The number of rotatable bonds is 8. The first-order valence-corrected chi connectivity index (χ1v) is 10.7. The second-order valence-corrected chi connectivity index (χ2v) is 9.34. The number of amides is 1. The van der Waals surface area contributed by atoms with Crippen molar-refractivity contribution >= 4 is 21.6 Å². The van der Waals surface area contributed by atoms with Crippen LogP contribution in [-0.4, -0.2) is 57.3 Å². The highest BCUT2D eigenvalue weighted by atomic mass is 32.2. The molecule has 1 N–H and O–H groups in total. The average molecular weight is 404 g/mol. The van der Waals surface area contributed by atoms with Crippen LogP contribution >= 0.6 is 0 Å². The van der Waals surface area contributed by atoms with E-state index in [1.54, 1.807) is 7.05 Å². The van der Waals surface area contributed by atoms with Crippen molar-refractivity contribution in [2.75, 3.05) is 33.0 Å². The lowest BCUT2D eigenvalue weighted by Crippen LogP contribution is -2.33. The van der Waals surface area contributed by atoms with Crippen LogP contribution in [0, 0.1) is 0 Å². The molecule has 0 aromatic heterocycles. The van der Waals surface area contributed by atoms with Gasteiger partial charge in [0.1, 0.15) is 0 Å². The van der Waals surface area contributed by atoms with Gasteiger partial charge in [-0.15, -0.1) is 0 Å². The molecule has 7 heteroatoms. The van der Waals surface area contributed by atoms with Crippen molar-refractivity contribution in [1.29, 1.82) is 0 Å². The summed E-state index contributed by atoms with van der Waals surface area (Å²) in [4.78, 5) is 14.7. The molecule has 2 rings (SSSR count). The molecule has 0 bridgehead atoms. The molecule has 0 saturated heterocycles. The fourth-order valence-electron chi connectivity index (χ4n) is 2.53. The lowest BCUT2D eigenvalue weighted by Gasteiger charge is -2.21. The number of likely N-dealkylation sites (N-methyl/N-ethyl adjacent to an activating group) is 1. The van der Waals surface area contributed by atoms with E-state index in [-0.39, 0.29) is 16.8 Å². The normalized spacial score (nSPS) is 12.0. The number of hydrogen-bond donors (Lipinski definition) is 1. The van der Waals surface area contributed by atoms with Crippen LogP contribution in [0.4, 0.5) is 5.69 Å². The predicted octanol–water partition coefficient (Wildman–Crippen LogP) is 3.07. The summed E-state index contributed by atoms with van der Waals surface area (Å²) in [7, 11) is 2.05. The van der Waals surface area contributed by atoms with Gasteiger partial charge in [0.2, 0.25) is 10.0 Å². The number of nitrogens with one attached hydrogen (secondary N) is 1. The number of benzene rings is 2. The van der Waals surface area contributed by atoms with Crippen LogP contribution in [0.1, 0.15) is 29.8 Å². The van der Waals surface area contributed by atoms with Crippen molar-refractivity contribution in [2.45, 2.75) is 31.2 Å². The molecule has 0 radical (unpaired) electrons. The van der Waals surface area contributed by atoms with E-state index in [1.807, 2.05) is 52.2 Å². The van der Waals surface area contributed by atoms with Crippen LogP contribution in [0.2, 0.25) is 0 Å². The first kappa shape index (κ1) is 22.1. The highest BCUT2D eigenvalue weighted by Crippen LogP contribution is 2.18. The minimum absolute atomic E-state index is 0.145. The Morgan fingerprint density at radius 2 is 1.54 bits per heavy atom. The summed E-state index contributed by atoms with van der Waals surface area (Å²) >= 11 is 0. The molecule has 1 amide bonds. The third kappa shape index (κ3) is 5.64. The van der Waals surface area contributed by atoms with Crippen LogP contribution < -0.4 is 5.32 Å². The summed E-state index contributed by atoms with van der Waals surface area (Å²) in [5.41, 5.74) is 2.31. The van der Waals surface area contributed by atoms with Crippen LogP contribution in [0.3, 0.4) is 0 Å². The fourth-order valence-corrected chi connectivity index (χ4v) is 3.90. The van der Waals surface area contributed by atoms with E-state index >= 15 is 0 Å². The van der Waals surface area contributed by atoms with E-state index < -0.39 is 10.0 Å². The standard InChI is InChI=1S/C21H29N3O3S/c1-16(2)24(5)28(26,27)20-12-8-18(9-13-20)21(25)22-19-10-6-17(7-11-19)14-15-23(3)4/h6-13,16H,14-15H2,1-5H3,(H,22,25). The SMILES string of the molecule is CC(C)N(C)S(=O)(=O)c1ccc(C(=O)Nc2ccc(CCN(C)C)cc2)cc1. The predicted molar refractivity (Wildman–Crippen MR) is 113 cm³/mol. The van der Waals surface area contributed by atoms with E-state index in [0.29, 0.717) is 11.3 Å². The van der Waals surface area contributed by atoms with E-state index in [4.69, 9.17) is 0 Å². The van der Waals surface area contributed by atoms with Gasteiger partial charge in [-0.1, -0.05) is 12.1 Å². The molecule has 0 fully saturated rings. The third-order valence-electron chi connectivity index (χ3n) is 4.58. The zero-order valence-electron chi connectivity index (χ0n) is 17.1. The summed E-state index contributed by atoms with van der Waals surface area (Å²) in [5, 5.41) is 2.84. The van der Waals surface area contributed by atoms with Gasteiger partial charge in [0, 0.05) is 30.9 Å². The largest absolute Gasteiger partial charge is 0.322 e. The number of carbonyl (C=O) groups is 1. The van der Waals surface area contributed by atoms with Gasteiger partial charge in [0.15, 0.2) is 0 Å². The van der Waals surface area contributed by atoms with Crippen LogP contribution in [-0.2, 0) is 16.4 Å². The Hall–Kier alpha value is -2.22. The molecule has 28 heavy (non-hydrogen) atoms. The van der Waals surface area contributed by atoms with Crippen molar-refractivity contribution in [3.05, 3.63) is 59.7 Å². The molecule has 0 unspecified atom stereocenters. The maximum atomic E-state index is 12.5. The lowest BCUT2D eigenvalue weighted by atomic mass is 10.1. The van der Waals surface area contributed by atoms with E-state index in [1.165, 1.54) is 34.1 Å². The van der Waals surface area contributed by atoms with E-state index in [2.05, 4.69) is 10.2 Å². The topological polar surface area (TPSA) is 69.7 Å². The Kier molecular flexibility index (Phi) is 7.35. The molecule has 6 nitrogen and oxygen atoms in total. The van der Waals surface area contributed by atoms with Crippen LogP contribution in [0.5, 0.6) is 0 Å². The molecule has 0 aliphatic carbocycles. The molecule has 0 atom stereocenters. The van der Waals surface area contributed by atoms with Gasteiger partial charge in [0.05, 0.1) is 4.90 Å². The van der Waals surface area contributed by atoms with Gasteiger partial charge in [-0.3, -0.25) is 4.79 Å². The Bertz CT molecular complexity index is 889. The molecule has 2 aromatic carbocycles. The zero-order chi connectivity index (χ0) is 20.9. The molecule has 0 heterocycles. The van der Waals surface area contributed by atoms with Gasteiger partial charge >= 0.3 is 0 Å². The summed E-state index contributed by atoms with van der Waals surface area (Å²) in [5.74, 6) is -0.276. The molecule has 0 spiro atoms. The Morgan fingerprint density at radius 3 is 2.04 bits per heavy atom. The van der Waals surface area contributed by atoms with Crippen molar-refractivity contribution < 1.29 is 13.2 Å². The van der Waals surface area contributed by atoms with E-state index in [9.17, 15) is 13.2 Å². The van der Waals surface area contributed by atoms with Crippen LogP contribution in [0.25, 0.3) is 0 Å². The van der Waals surface area contributed by atoms with Crippen molar-refractivity contribution in [2.24, 2.45) is 0 Å². The number of anilines is 1. The monoisotopic (exact) mass is 403 g/mol. The summed E-state index contributed by atoms with van der Waals surface area (Å²) in [6, 6.07) is 13.6. The maximum Gasteiger partial charge on any atom is 0.255 e. The van der Waals surface area contributed by atoms with Crippen molar-refractivity contribution in [3.8, 4) is 0 Å². The molecular weight excluding hydrogens is 374 g/mol. The fraction of sp³-hybridized carbons (Fsp3) is 0.381. The van der Waals surface area contributed by atoms with E-state index in [0.717, 1.165) is 13.0 Å². The number of carbonyl (C=O) groups excluding carboxylic acids is 1. The Balaban J connectivity index is 2.05. The summed E-state index contributed by atoms with van der Waals surface area (Å²) < 4.78 is 26.3. The molecule has 0 saturated carbocycles. The van der Waals surface area contributed by atoms with Crippen molar-refractivity contribution in [1.82, 2.24) is 9.21 Å². The first-order chi connectivity index (χ1) is 13.1. The average Bonchev–Trinajstić information content (AvgIpc) is 2.66. The highest BCUT2D eigenvalue weighted by molar-refractivity contribution is 7.89.